The quantitative estimate of drug-likeness (QED) is 0.765. The van der Waals surface area contributed by atoms with Crippen molar-refractivity contribution in [2.24, 2.45) is 0 Å². The fraction of sp³-hybridized carbons (Fsp3) is 0.692. The second-order valence-corrected chi connectivity index (χ2v) is 5.31. The summed E-state index contributed by atoms with van der Waals surface area (Å²) in [7, 11) is 0. The van der Waals surface area contributed by atoms with Gasteiger partial charge in [0.15, 0.2) is 0 Å². The lowest BCUT2D eigenvalue weighted by molar-refractivity contribution is 0.0289. The van der Waals surface area contributed by atoms with Crippen LogP contribution in [-0.4, -0.2) is 19.3 Å². The van der Waals surface area contributed by atoms with Crippen molar-refractivity contribution in [3.05, 3.63) is 21.3 Å². The van der Waals surface area contributed by atoms with E-state index in [1.54, 1.807) is 11.3 Å². The topological polar surface area (TPSA) is 21.3 Å². The number of ether oxygens (including phenoxy) is 1. The van der Waals surface area contributed by atoms with Crippen molar-refractivity contribution in [3.63, 3.8) is 0 Å². The first-order valence-electron chi connectivity index (χ1n) is 6.32. The molecule has 0 aliphatic rings. The van der Waals surface area contributed by atoms with Gasteiger partial charge in [0.25, 0.3) is 0 Å². The molecule has 2 atom stereocenters. The highest BCUT2D eigenvalue weighted by Gasteiger charge is 2.25. The highest BCUT2D eigenvalue weighted by molar-refractivity contribution is 7.10. The number of hydrogen-bond acceptors (Lipinski definition) is 3. The van der Waals surface area contributed by atoms with Gasteiger partial charge in [0.2, 0.25) is 0 Å². The fourth-order valence-electron chi connectivity index (χ4n) is 1.99. The first-order valence-corrected chi connectivity index (χ1v) is 7.58. The van der Waals surface area contributed by atoms with Crippen LogP contribution in [0.4, 0.5) is 0 Å². The van der Waals surface area contributed by atoms with Gasteiger partial charge < -0.3 is 10.1 Å². The molecule has 0 amide bonds. The van der Waals surface area contributed by atoms with Crippen LogP contribution < -0.4 is 5.32 Å². The van der Waals surface area contributed by atoms with Crippen LogP contribution >= 0.6 is 22.9 Å². The number of thiophene rings is 1. The van der Waals surface area contributed by atoms with Gasteiger partial charge >= 0.3 is 0 Å². The van der Waals surface area contributed by atoms with E-state index in [2.05, 4.69) is 19.2 Å². The van der Waals surface area contributed by atoms with Crippen LogP contribution in [0.1, 0.15) is 44.5 Å². The average Bonchev–Trinajstić information content (AvgIpc) is 2.72. The van der Waals surface area contributed by atoms with Gasteiger partial charge in [-0.25, -0.2) is 0 Å². The molecule has 0 radical (unpaired) electrons. The summed E-state index contributed by atoms with van der Waals surface area (Å²) in [6, 6.07) is 2.17. The third kappa shape index (κ3) is 4.25. The van der Waals surface area contributed by atoms with E-state index in [1.807, 2.05) is 18.4 Å². The number of rotatable bonds is 8. The van der Waals surface area contributed by atoms with Crippen molar-refractivity contribution in [3.8, 4) is 0 Å². The number of likely N-dealkylation sites (N-methyl/N-ethyl adjacent to an activating group) is 1. The third-order valence-corrected chi connectivity index (χ3v) is 4.12. The second-order valence-electron chi connectivity index (χ2n) is 3.95. The van der Waals surface area contributed by atoms with Gasteiger partial charge in [0.05, 0.1) is 17.2 Å². The number of halogens is 1. The van der Waals surface area contributed by atoms with Crippen LogP contribution in [0, 0.1) is 0 Å². The van der Waals surface area contributed by atoms with Gasteiger partial charge in [-0.15, -0.1) is 11.3 Å². The van der Waals surface area contributed by atoms with Crippen molar-refractivity contribution in [1.82, 2.24) is 5.32 Å². The summed E-state index contributed by atoms with van der Waals surface area (Å²) in [5.74, 6) is 0. The predicted molar refractivity (Wildman–Crippen MR) is 76.1 cm³/mol. The molecule has 17 heavy (non-hydrogen) atoms. The Morgan fingerprint density at radius 3 is 2.65 bits per heavy atom. The van der Waals surface area contributed by atoms with Crippen LogP contribution in [-0.2, 0) is 4.74 Å². The molecular formula is C13H22ClNOS. The number of nitrogens with one attached hydrogen (secondary N) is 1. The SMILES string of the molecule is CCCC(OCC)C(NCC)c1sccc1Cl. The predicted octanol–water partition coefficient (Wildman–Crippen LogP) is 4.26. The summed E-state index contributed by atoms with van der Waals surface area (Å²) in [4.78, 5) is 1.19. The Balaban J connectivity index is 2.85. The van der Waals surface area contributed by atoms with Crippen LogP contribution in [0.3, 0.4) is 0 Å². The minimum atomic E-state index is 0.209. The molecule has 1 N–H and O–H groups in total. The molecule has 0 bridgehead atoms. The Kier molecular flexibility index (Phi) is 7.12. The Morgan fingerprint density at radius 1 is 1.41 bits per heavy atom. The van der Waals surface area contributed by atoms with E-state index in [-0.39, 0.29) is 12.1 Å². The standard InChI is InChI=1S/C13H22ClNOS/c1-4-7-11(16-6-3)12(15-5-2)13-10(14)8-9-17-13/h8-9,11-12,15H,4-7H2,1-3H3. The summed E-state index contributed by atoms with van der Waals surface area (Å²) in [6.07, 6.45) is 2.39. The van der Waals surface area contributed by atoms with E-state index in [9.17, 15) is 0 Å². The molecule has 0 aromatic carbocycles. The summed E-state index contributed by atoms with van der Waals surface area (Å²) < 4.78 is 5.86. The lowest BCUT2D eigenvalue weighted by atomic mass is 10.0. The van der Waals surface area contributed by atoms with Crippen molar-refractivity contribution in [1.29, 1.82) is 0 Å². The zero-order valence-electron chi connectivity index (χ0n) is 10.8. The van der Waals surface area contributed by atoms with Crippen molar-refractivity contribution < 1.29 is 4.74 Å². The Bertz CT molecular complexity index is 310. The Hall–Kier alpha value is -0.0900. The van der Waals surface area contributed by atoms with E-state index in [0.29, 0.717) is 0 Å². The highest BCUT2D eigenvalue weighted by Crippen LogP contribution is 2.33. The second kappa shape index (κ2) is 8.09. The lowest BCUT2D eigenvalue weighted by Crippen LogP contribution is -2.33. The molecule has 0 saturated heterocycles. The molecule has 0 saturated carbocycles. The van der Waals surface area contributed by atoms with E-state index in [1.165, 1.54) is 4.88 Å². The molecule has 1 aromatic heterocycles. The van der Waals surface area contributed by atoms with Crippen LogP contribution in [0.2, 0.25) is 5.02 Å². The van der Waals surface area contributed by atoms with E-state index in [0.717, 1.165) is 31.0 Å². The van der Waals surface area contributed by atoms with Crippen molar-refractivity contribution in [2.45, 2.75) is 45.8 Å². The highest BCUT2D eigenvalue weighted by atomic mass is 35.5. The zero-order chi connectivity index (χ0) is 12.7. The number of hydrogen-bond donors (Lipinski definition) is 1. The molecule has 1 heterocycles. The minimum Gasteiger partial charge on any atom is -0.376 e. The van der Waals surface area contributed by atoms with E-state index < -0.39 is 0 Å². The maximum absolute atomic E-state index is 6.23. The Morgan fingerprint density at radius 2 is 2.18 bits per heavy atom. The van der Waals surface area contributed by atoms with Crippen molar-refractivity contribution >= 4 is 22.9 Å². The molecular weight excluding hydrogens is 254 g/mol. The Labute approximate surface area is 113 Å². The van der Waals surface area contributed by atoms with Crippen LogP contribution in [0.5, 0.6) is 0 Å². The van der Waals surface area contributed by atoms with Crippen LogP contribution in [0.15, 0.2) is 11.4 Å². The smallest absolute Gasteiger partial charge is 0.0778 e. The van der Waals surface area contributed by atoms with E-state index >= 15 is 0 Å². The van der Waals surface area contributed by atoms with Gasteiger partial charge in [-0.2, -0.15) is 0 Å². The zero-order valence-corrected chi connectivity index (χ0v) is 12.4. The molecule has 0 fully saturated rings. The summed E-state index contributed by atoms with van der Waals surface area (Å²) in [5, 5.41) is 6.38. The molecule has 4 heteroatoms. The summed E-state index contributed by atoms with van der Waals surface area (Å²) >= 11 is 7.93. The van der Waals surface area contributed by atoms with Crippen molar-refractivity contribution in [2.75, 3.05) is 13.2 Å². The minimum absolute atomic E-state index is 0.209. The van der Waals surface area contributed by atoms with Gasteiger partial charge in [-0.1, -0.05) is 31.9 Å². The maximum atomic E-state index is 6.23. The van der Waals surface area contributed by atoms with Gasteiger partial charge in [-0.05, 0) is 31.3 Å². The van der Waals surface area contributed by atoms with E-state index in [4.69, 9.17) is 16.3 Å². The van der Waals surface area contributed by atoms with Gasteiger partial charge in [0, 0.05) is 11.5 Å². The maximum Gasteiger partial charge on any atom is 0.0778 e. The molecule has 2 unspecified atom stereocenters. The van der Waals surface area contributed by atoms with Gasteiger partial charge in [-0.3, -0.25) is 0 Å². The normalized spacial score (nSPS) is 14.8. The molecule has 0 spiro atoms. The molecule has 0 aliphatic heterocycles. The largest absolute Gasteiger partial charge is 0.376 e. The molecule has 1 aromatic rings. The van der Waals surface area contributed by atoms with Gasteiger partial charge in [0.1, 0.15) is 0 Å². The molecule has 98 valence electrons. The lowest BCUT2D eigenvalue weighted by Gasteiger charge is -2.27. The first kappa shape index (κ1) is 15.0. The first-order chi connectivity index (χ1) is 8.24. The van der Waals surface area contributed by atoms with Crippen LogP contribution in [0.25, 0.3) is 0 Å². The third-order valence-electron chi connectivity index (χ3n) is 2.68. The molecule has 2 nitrogen and oxygen atoms in total. The molecule has 1 rings (SSSR count). The summed E-state index contributed by atoms with van der Waals surface area (Å²) in [5.41, 5.74) is 0. The molecule has 0 aliphatic carbocycles. The summed E-state index contributed by atoms with van der Waals surface area (Å²) in [6.45, 7) is 8.01. The average molecular weight is 276 g/mol. The monoisotopic (exact) mass is 275 g/mol. The fourth-order valence-corrected chi connectivity index (χ4v) is 3.29.